The quantitative estimate of drug-likeness (QED) is 0.217. The van der Waals surface area contributed by atoms with Gasteiger partial charge in [0.25, 0.3) is 5.91 Å². The van der Waals surface area contributed by atoms with E-state index in [0.29, 0.717) is 11.3 Å². The highest BCUT2D eigenvalue weighted by molar-refractivity contribution is 8.01. The topological polar surface area (TPSA) is 51.2 Å². The van der Waals surface area contributed by atoms with Crippen molar-refractivity contribution in [3.63, 3.8) is 0 Å². The smallest absolute Gasteiger partial charge is 0.253 e. The predicted molar refractivity (Wildman–Crippen MR) is 114 cm³/mol. The van der Waals surface area contributed by atoms with Crippen LogP contribution in [0.5, 0.6) is 0 Å². The van der Waals surface area contributed by atoms with Gasteiger partial charge in [-0.15, -0.1) is 11.3 Å². The molecule has 142 valence electrons. The second-order valence-corrected chi connectivity index (χ2v) is 10.2. The monoisotopic (exact) mass is 460 g/mol. The summed E-state index contributed by atoms with van der Waals surface area (Å²) in [5.41, 5.74) is 1.43. The number of thiazole rings is 1. The number of nitrogens with one attached hydrogen (secondary N) is 1. The average Bonchev–Trinajstić information content (AvgIpc) is 3.06. The molecule has 1 N–H and O–H groups in total. The molecule has 4 nitrogen and oxygen atoms in total. The standard InChI is InChI=1S/C18H15Cl3N2O2S2/c19-18(20,21)16(23-15(24)12-6-2-1-3-7-12)25-10-11-26-17-22-13-8-4-5-9-14(13)27-17/h1-9,16H,10-11H2,(H,23,24)/t16-/m0/s1. The van der Waals surface area contributed by atoms with Crippen LogP contribution >= 0.6 is 57.9 Å². The molecule has 0 aliphatic carbocycles. The van der Waals surface area contributed by atoms with Crippen LogP contribution in [-0.2, 0) is 4.74 Å². The van der Waals surface area contributed by atoms with E-state index in [1.54, 1.807) is 47.4 Å². The lowest BCUT2D eigenvalue weighted by molar-refractivity contribution is 0.0381. The minimum atomic E-state index is -1.79. The molecule has 1 amide bonds. The van der Waals surface area contributed by atoms with Crippen LogP contribution in [0.4, 0.5) is 0 Å². The van der Waals surface area contributed by atoms with Gasteiger partial charge in [-0.1, -0.05) is 76.9 Å². The number of nitrogens with zero attached hydrogens (tertiary/aromatic N) is 1. The fraction of sp³-hybridized carbons (Fsp3) is 0.222. The maximum absolute atomic E-state index is 12.3. The third-order valence-electron chi connectivity index (χ3n) is 3.46. The first-order chi connectivity index (χ1) is 12.9. The summed E-state index contributed by atoms with van der Waals surface area (Å²) < 4.78 is 5.91. The zero-order valence-corrected chi connectivity index (χ0v) is 17.8. The Labute approximate surface area is 180 Å². The highest BCUT2D eigenvalue weighted by Gasteiger charge is 2.35. The molecule has 0 aliphatic rings. The second kappa shape index (κ2) is 9.45. The van der Waals surface area contributed by atoms with Crippen LogP contribution < -0.4 is 5.32 Å². The van der Waals surface area contributed by atoms with Crippen LogP contribution in [-0.4, -0.2) is 33.3 Å². The molecule has 0 bridgehead atoms. The molecule has 1 atom stereocenters. The van der Waals surface area contributed by atoms with E-state index < -0.39 is 10.0 Å². The van der Waals surface area contributed by atoms with E-state index in [2.05, 4.69) is 10.3 Å². The number of amides is 1. The normalized spacial score (nSPS) is 12.9. The Kier molecular flexibility index (Phi) is 7.25. The van der Waals surface area contributed by atoms with Crippen LogP contribution in [0.15, 0.2) is 58.9 Å². The lowest BCUT2D eigenvalue weighted by Gasteiger charge is -2.25. The Balaban J connectivity index is 1.53. The van der Waals surface area contributed by atoms with Crippen LogP contribution in [0.3, 0.4) is 0 Å². The Morgan fingerprint density at radius 3 is 2.56 bits per heavy atom. The molecule has 0 aliphatic heterocycles. The molecule has 1 aromatic heterocycles. The van der Waals surface area contributed by atoms with Gasteiger partial charge in [-0.25, -0.2) is 4.98 Å². The van der Waals surface area contributed by atoms with Gasteiger partial charge in [0.15, 0.2) is 10.6 Å². The number of aromatic nitrogens is 1. The lowest BCUT2D eigenvalue weighted by atomic mass is 10.2. The van der Waals surface area contributed by atoms with Crippen molar-refractivity contribution in [2.75, 3.05) is 12.4 Å². The molecule has 9 heteroatoms. The average molecular weight is 462 g/mol. The van der Waals surface area contributed by atoms with Gasteiger partial charge < -0.3 is 10.1 Å². The number of carbonyl (C=O) groups is 1. The van der Waals surface area contributed by atoms with E-state index in [1.165, 1.54) is 0 Å². The lowest BCUT2D eigenvalue weighted by Crippen LogP contribution is -2.46. The van der Waals surface area contributed by atoms with Gasteiger partial charge in [0, 0.05) is 11.3 Å². The van der Waals surface area contributed by atoms with Crippen molar-refractivity contribution in [3.8, 4) is 0 Å². The molecule has 0 radical (unpaired) electrons. The zero-order valence-electron chi connectivity index (χ0n) is 13.9. The number of carbonyl (C=O) groups excluding carboxylic acids is 1. The van der Waals surface area contributed by atoms with Crippen molar-refractivity contribution in [2.45, 2.75) is 14.4 Å². The second-order valence-electron chi connectivity index (χ2n) is 5.43. The van der Waals surface area contributed by atoms with Gasteiger partial charge in [0.1, 0.15) is 0 Å². The number of hydrogen-bond acceptors (Lipinski definition) is 5. The van der Waals surface area contributed by atoms with E-state index >= 15 is 0 Å². The number of thioether (sulfide) groups is 1. The number of benzene rings is 2. The highest BCUT2D eigenvalue weighted by atomic mass is 35.6. The van der Waals surface area contributed by atoms with Gasteiger partial charge >= 0.3 is 0 Å². The van der Waals surface area contributed by atoms with Gasteiger partial charge in [-0.3, -0.25) is 4.79 Å². The molecule has 3 aromatic rings. The number of para-hydroxylation sites is 1. The fourth-order valence-electron chi connectivity index (χ4n) is 2.22. The SMILES string of the molecule is O=C(N[C@@H](OCCSc1nc2ccccc2s1)C(Cl)(Cl)Cl)c1ccccc1. The first kappa shape index (κ1) is 20.7. The molecular weight excluding hydrogens is 447 g/mol. The predicted octanol–water partition coefficient (Wildman–Crippen LogP) is 5.53. The van der Waals surface area contributed by atoms with Crippen molar-refractivity contribution < 1.29 is 9.53 Å². The van der Waals surface area contributed by atoms with E-state index in [-0.39, 0.29) is 12.5 Å². The molecule has 0 saturated carbocycles. The fourth-order valence-corrected chi connectivity index (χ4v) is 4.54. The summed E-state index contributed by atoms with van der Waals surface area (Å²) in [6.07, 6.45) is -1.06. The molecule has 1 heterocycles. The third kappa shape index (κ3) is 5.98. The van der Waals surface area contributed by atoms with Crippen LogP contribution in [0, 0.1) is 0 Å². The van der Waals surface area contributed by atoms with Gasteiger partial charge in [0.05, 0.1) is 16.8 Å². The number of hydrogen-bond donors (Lipinski definition) is 1. The van der Waals surface area contributed by atoms with Crippen LogP contribution in [0.1, 0.15) is 10.4 Å². The summed E-state index contributed by atoms with van der Waals surface area (Å²) in [4.78, 5) is 16.8. The number of halogens is 3. The molecule has 0 saturated heterocycles. The first-order valence-corrected chi connectivity index (χ1v) is 10.9. The van der Waals surface area contributed by atoms with Crippen molar-refractivity contribution in [1.29, 1.82) is 0 Å². The Bertz CT molecular complexity index is 867. The van der Waals surface area contributed by atoms with Crippen molar-refractivity contribution >= 4 is 74.0 Å². The highest BCUT2D eigenvalue weighted by Crippen LogP contribution is 2.32. The zero-order chi connectivity index (χ0) is 19.3. The Hall–Kier alpha value is -1.02. The van der Waals surface area contributed by atoms with E-state index in [4.69, 9.17) is 39.5 Å². The molecule has 0 fully saturated rings. The molecule has 2 aromatic carbocycles. The van der Waals surface area contributed by atoms with Gasteiger partial charge in [-0.05, 0) is 24.3 Å². The van der Waals surface area contributed by atoms with E-state index in [0.717, 1.165) is 14.6 Å². The number of alkyl halides is 3. The van der Waals surface area contributed by atoms with Crippen molar-refractivity contribution in [1.82, 2.24) is 10.3 Å². The molecule has 3 rings (SSSR count). The maximum atomic E-state index is 12.3. The summed E-state index contributed by atoms with van der Waals surface area (Å²) >= 11 is 21.0. The molecule has 27 heavy (non-hydrogen) atoms. The van der Waals surface area contributed by atoms with E-state index in [9.17, 15) is 4.79 Å². The number of fused-ring (bicyclic) bond motifs is 1. The number of ether oxygens (including phenoxy) is 1. The summed E-state index contributed by atoms with van der Waals surface area (Å²) in [5, 5.41) is 2.61. The number of rotatable bonds is 7. The van der Waals surface area contributed by atoms with Crippen molar-refractivity contribution in [2.24, 2.45) is 0 Å². The maximum Gasteiger partial charge on any atom is 0.253 e. The van der Waals surface area contributed by atoms with Crippen molar-refractivity contribution in [3.05, 3.63) is 60.2 Å². The van der Waals surface area contributed by atoms with Gasteiger partial charge in [0.2, 0.25) is 3.79 Å². The van der Waals surface area contributed by atoms with Crippen LogP contribution in [0.25, 0.3) is 10.2 Å². The third-order valence-corrected chi connectivity index (χ3v) is 6.20. The summed E-state index contributed by atoms with van der Waals surface area (Å²) in [6.45, 7) is 0.286. The van der Waals surface area contributed by atoms with E-state index in [1.807, 2.05) is 30.3 Å². The molecule has 0 unspecified atom stereocenters. The summed E-state index contributed by atoms with van der Waals surface area (Å²) in [5.74, 6) is 0.240. The minimum absolute atomic E-state index is 0.286. The largest absolute Gasteiger partial charge is 0.353 e. The summed E-state index contributed by atoms with van der Waals surface area (Å²) in [6, 6.07) is 16.6. The first-order valence-electron chi connectivity index (χ1n) is 7.96. The Morgan fingerprint density at radius 2 is 1.85 bits per heavy atom. The van der Waals surface area contributed by atoms with Gasteiger partial charge in [-0.2, -0.15) is 0 Å². The molecular formula is C18H15Cl3N2O2S2. The Morgan fingerprint density at radius 1 is 1.15 bits per heavy atom. The molecule has 0 spiro atoms. The summed E-state index contributed by atoms with van der Waals surface area (Å²) in [7, 11) is 0. The minimum Gasteiger partial charge on any atom is -0.353 e. The van der Waals surface area contributed by atoms with Crippen LogP contribution in [0.2, 0.25) is 0 Å².